The number of rotatable bonds is 10. The van der Waals surface area contributed by atoms with Crippen molar-refractivity contribution < 1.29 is 22.7 Å². The highest BCUT2D eigenvalue weighted by atomic mass is 32.2. The molecule has 1 aliphatic heterocycles. The zero-order chi connectivity index (χ0) is 28.7. The summed E-state index contributed by atoms with van der Waals surface area (Å²) in [4.78, 5) is 20.9. The number of sulfonamides is 1. The second-order valence-electron chi connectivity index (χ2n) is 10.1. The molecule has 4 aromatic rings. The van der Waals surface area contributed by atoms with Gasteiger partial charge in [-0.1, -0.05) is 54.6 Å². The summed E-state index contributed by atoms with van der Waals surface area (Å²) in [5.74, 6) is 0.741. The Labute approximate surface area is 240 Å². The van der Waals surface area contributed by atoms with Crippen molar-refractivity contribution in [1.29, 1.82) is 0 Å². The van der Waals surface area contributed by atoms with Crippen molar-refractivity contribution in [1.82, 2.24) is 19.5 Å². The topological polar surface area (TPSA) is 101 Å². The lowest BCUT2D eigenvalue weighted by molar-refractivity contribution is 0.0700. The second kappa shape index (κ2) is 13.1. The molecule has 1 atom stereocenters. The normalized spacial score (nSPS) is 15.0. The van der Waals surface area contributed by atoms with Crippen molar-refractivity contribution in [2.75, 3.05) is 39.8 Å². The number of methoxy groups -OCH3 is 1. The van der Waals surface area contributed by atoms with Crippen molar-refractivity contribution in [3.63, 3.8) is 0 Å². The maximum Gasteiger partial charge on any atom is 0.410 e. The number of pyridine rings is 1. The molecule has 9 nitrogen and oxygen atoms in total. The molecular weight excluding hydrogens is 540 g/mol. The van der Waals surface area contributed by atoms with Crippen LogP contribution in [0.5, 0.6) is 5.75 Å². The van der Waals surface area contributed by atoms with Gasteiger partial charge in [-0.25, -0.2) is 17.9 Å². The Hall–Kier alpha value is -3.99. The monoisotopic (exact) mass is 574 g/mol. The smallest absolute Gasteiger partial charge is 0.410 e. The molecule has 1 fully saturated rings. The quantitative estimate of drug-likeness (QED) is 0.305. The Morgan fingerprint density at radius 2 is 1.68 bits per heavy atom. The number of carbonyl (C=O) groups excluding carboxylic acids is 1. The Balaban J connectivity index is 1.26. The highest BCUT2D eigenvalue weighted by Gasteiger charge is 2.27. The summed E-state index contributed by atoms with van der Waals surface area (Å²) in [7, 11) is -2.23. The van der Waals surface area contributed by atoms with Crippen molar-refractivity contribution in [2.45, 2.75) is 24.0 Å². The van der Waals surface area contributed by atoms with Gasteiger partial charge in [0.1, 0.15) is 12.4 Å². The molecule has 10 heteroatoms. The lowest BCUT2D eigenvalue weighted by Gasteiger charge is -2.36. The molecule has 3 aromatic carbocycles. The average Bonchev–Trinajstić information content (AvgIpc) is 3.00. The van der Waals surface area contributed by atoms with Crippen molar-refractivity contribution in [3.05, 3.63) is 102 Å². The molecule has 1 amide bonds. The third kappa shape index (κ3) is 7.40. The molecule has 0 saturated carbocycles. The number of nitrogens with one attached hydrogen (secondary N) is 1. The van der Waals surface area contributed by atoms with E-state index >= 15 is 0 Å². The number of piperazine rings is 1. The van der Waals surface area contributed by atoms with Crippen LogP contribution in [0.15, 0.2) is 96.2 Å². The number of hydrogen-bond donors (Lipinski definition) is 1. The summed E-state index contributed by atoms with van der Waals surface area (Å²) in [6.45, 7) is 2.96. The SMILES string of the molecule is COc1ccc(CC(CN2CCN(C(=O)OCc3ccccc3)CC2)NS(=O)(=O)c2cccc3cnccc23)cc1. The number of aromatic nitrogens is 1. The van der Waals surface area contributed by atoms with E-state index < -0.39 is 16.1 Å². The van der Waals surface area contributed by atoms with Gasteiger partial charge < -0.3 is 14.4 Å². The molecule has 2 heterocycles. The molecule has 1 saturated heterocycles. The maximum atomic E-state index is 13.7. The molecular formula is C31H34N4O5S. The van der Waals surface area contributed by atoms with Gasteiger partial charge in [-0.2, -0.15) is 0 Å². The van der Waals surface area contributed by atoms with E-state index in [-0.39, 0.29) is 17.6 Å². The third-order valence-electron chi connectivity index (χ3n) is 7.21. The Kier molecular flexibility index (Phi) is 9.13. The van der Waals surface area contributed by atoms with Crippen LogP contribution in [0.1, 0.15) is 11.1 Å². The van der Waals surface area contributed by atoms with E-state index in [9.17, 15) is 13.2 Å². The summed E-state index contributed by atoms with van der Waals surface area (Å²) in [6, 6.07) is 23.8. The van der Waals surface area contributed by atoms with Crippen molar-refractivity contribution in [3.8, 4) is 5.75 Å². The summed E-state index contributed by atoms with van der Waals surface area (Å²) in [6.07, 6.45) is 3.41. The van der Waals surface area contributed by atoms with Gasteiger partial charge in [0.2, 0.25) is 10.0 Å². The van der Waals surface area contributed by atoms with Crippen LogP contribution < -0.4 is 9.46 Å². The number of hydrogen-bond acceptors (Lipinski definition) is 7. The van der Waals surface area contributed by atoms with Crippen LogP contribution in [0.2, 0.25) is 0 Å². The Bertz CT molecular complexity index is 1550. The molecule has 0 radical (unpaired) electrons. The molecule has 41 heavy (non-hydrogen) atoms. The first-order valence-corrected chi connectivity index (χ1v) is 15.1. The van der Waals surface area contributed by atoms with Crippen molar-refractivity contribution >= 4 is 26.9 Å². The number of benzene rings is 3. The van der Waals surface area contributed by atoms with E-state index in [1.165, 1.54) is 0 Å². The van der Waals surface area contributed by atoms with Gasteiger partial charge in [0, 0.05) is 61.9 Å². The second-order valence-corrected chi connectivity index (χ2v) is 11.7. The van der Waals surface area contributed by atoms with Crippen LogP contribution in [-0.2, 0) is 27.8 Å². The predicted molar refractivity (Wildman–Crippen MR) is 157 cm³/mol. The lowest BCUT2D eigenvalue weighted by Crippen LogP contribution is -2.53. The average molecular weight is 575 g/mol. The number of ether oxygens (including phenoxy) is 2. The van der Waals surface area contributed by atoms with E-state index in [2.05, 4.69) is 14.6 Å². The fourth-order valence-electron chi connectivity index (χ4n) is 5.03. The highest BCUT2D eigenvalue weighted by molar-refractivity contribution is 7.89. The zero-order valence-electron chi connectivity index (χ0n) is 23.0. The third-order valence-corrected chi connectivity index (χ3v) is 8.79. The van der Waals surface area contributed by atoms with E-state index in [4.69, 9.17) is 9.47 Å². The van der Waals surface area contributed by atoms with Crippen LogP contribution in [0.25, 0.3) is 10.8 Å². The first-order valence-electron chi connectivity index (χ1n) is 13.6. The number of amides is 1. The minimum absolute atomic E-state index is 0.225. The molecule has 0 spiro atoms. The standard InChI is InChI=1S/C31H34N4O5S/c1-39-28-12-10-24(11-13-28)20-27(33-41(37,38)30-9-5-8-26-21-32-15-14-29(26)30)22-34-16-18-35(19-17-34)31(36)40-23-25-6-3-2-4-7-25/h2-15,21,27,33H,16-20,22-23H2,1H3. The van der Waals surface area contributed by atoms with Crippen LogP contribution in [0, 0.1) is 0 Å². The molecule has 214 valence electrons. The summed E-state index contributed by atoms with van der Waals surface area (Å²) < 4.78 is 41.1. The predicted octanol–water partition coefficient (Wildman–Crippen LogP) is 4.09. The van der Waals surface area contributed by atoms with Crippen LogP contribution in [0.4, 0.5) is 4.79 Å². The molecule has 1 aliphatic rings. The Morgan fingerprint density at radius 3 is 2.41 bits per heavy atom. The van der Waals surface area contributed by atoms with Gasteiger partial charge in [0.05, 0.1) is 12.0 Å². The van der Waals surface area contributed by atoms with E-state index in [1.54, 1.807) is 42.6 Å². The summed E-state index contributed by atoms with van der Waals surface area (Å²) in [5, 5.41) is 1.39. The van der Waals surface area contributed by atoms with Crippen LogP contribution >= 0.6 is 0 Å². The fourth-order valence-corrected chi connectivity index (χ4v) is 6.49. The minimum Gasteiger partial charge on any atom is -0.497 e. The summed E-state index contributed by atoms with van der Waals surface area (Å²) in [5.41, 5.74) is 1.93. The van der Waals surface area contributed by atoms with Gasteiger partial charge in [0.15, 0.2) is 0 Å². The van der Waals surface area contributed by atoms with Crippen LogP contribution in [0.3, 0.4) is 0 Å². The van der Waals surface area contributed by atoms with E-state index in [0.29, 0.717) is 44.5 Å². The van der Waals surface area contributed by atoms with Crippen LogP contribution in [-0.4, -0.2) is 75.2 Å². The fraction of sp³-hybridized carbons (Fsp3) is 0.290. The Morgan fingerprint density at radius 1 is 0.927 bits per heavy atom. The number of fused-ring (bicyclic) bond motifs is 1. The largest absolute Gasteiger partial charge is 0.497 e. The van der Waals surface area contributed by atoms with E-state index in [1.807, 2.05) is 60.7 Å². The number of nitrogens with zero attached hydrogens (tertiary/aromatic N) is 3. The van der Waals surface area contributed by atoms with Crippen molar-refractivity contribution in [2.24, 2.45) is 0 Å². The van der Waals surface area contributed by atoms with E-state index in [0.717, 1.165) is 22.3 Å². The summed E-state index contributed by atoms with van der Waals surface area (Å²) >= 11 is 0. The van der Waals surface area contributed by atoms with Gasteiger partial charge >= 0.3 is 6.09 Å². The van der Waals surface area contributed by atoms with Gasteiger partial charge in [-0.15, -0.1) is 0 Å². The molecule has 1 unspecified atom stereocenters. The van der Waals surface area contributed by atoms with Gasteiger partial charge in [-0.05, 0) is 41.8 Å². The maximum absolute atomic E-state index is 13.7. The molecule has 1 aromatic heterocycles. The van der Waals surface area contributed by atoms with Gasteiger partial charge in [0.25, 0.3) is 0 Å². The first kappa shape index (κ1) is 28.5. The molecule has 0 aliphatic carbocycles. The number of carbonyl (C=O) groups is 1. The first-order chi connectivity index (χ1) is 19.9. The minimum atomic E-state index is -3.84. The molecule has 5 rings (SSSR count). The molecule has 0 bridgehead atoms. The lowest BCUT2D eigenvalue weighted by atomic mass is 10.1. The zero-order valence-corrected chi connectivity index (χ0v) is 23.8. The van der Waals surface area contributed by atoms with Gasteiger partial charge in [-0.3, -0.25) is 9.88 Å². The highest BCUT2D eigenvalue weighted by Crippen LogP contribution is 2.23. The molecule has 1 N–H and O–H groups in total.